The van der Waals surface area contributed by atoms with Gasteiger partial charge in [0.1, 0.15) is 0 Å². The van der Waals surface area contributed by atoms with Crippen molar-refractivity contribution in [2.75, 3.05) is 0 Å². The third-order valence-corrected chi connectivity index (χ3v) is 3.02. The summed E-state index contributed by atoms with van der Waals surface area (Å²) in [7, 11) is 0. The van der Waals surface area contributed by atoms with E-state index < -0.39 is 0 Å². The first-order chi connectivity index (χ1) is 7.42. The van der Waals surface area contributed by atoms with Crippen molar-refractivity contribution < 1.29 is 9.47 Å². The minimum atomic E-state index is -0.0975. The molecule has 0 aliphatic heterocycles. The fourth-order valence-electron chi connectivity index (χ4n) is 1.97. The molecule has 0 aliphatic carbocycles. The second kappa shape index (κ2) is 8.08. The van der Waals surface area contributed by atoms with Crippen LogP contribution in [0, 0.1) is 11.8 Å². The molecule has 0 aliphatic rings. The Balaban J connectivity index is 4.09. The van der Waals surface area contributed by atoms with E-state index in [9.17, 15) is 0 Å². The summed E-state index contributed by atoms with van der Waals surface area (Å²) in [5.41, 5.74) is 0. The molecular weight excluding hydrogens is 200 g/mol. The van der Waals surface area contributed by atoms with Crippen LogP contribution < -0.4 is 0 Å². The number of hydrogen-bond acceptors (Lipinski definition) is 2. The van der Waals surface area contributed by atoms with Crippen LogP contribution in [0.1, 0.15) is 61.3 Å². The maximum atomic E-state index is 5.92. The van der Waals surface area contributed by atoms with Crippen LogP contribution in [-0.4, -0.2) is 18.5 Å². The van der Waals surface area contributed by atoms with E-state index in [0.717, 1.165) is 12.8 Å². The Kier molecular flexibility index (Phi) is 8.04. The fraction of sp³-hybridized carbons (Fsp3) is 1.00. The van der Waals surface area contributed by atoms with Crippen LogP contribution in [0.5, 0.6) is 0 Å². The molecule has 0 fully saturated rings. The highest BCUT2D eigenvalue weighted by Crippen LogP contribution is 2.17. The Morgan fingerprint density at radius 3 is 1.19 bits per heavy atom. The van der Waals surface area contributed by atoms with Gasteiger partial charge in [-0.15, -0.1) is 0 Å². The molecule has 16 heavy (non-hydrogen) atoms. The third-order valence-electron chi connectivity index (χ3n) is 3.02. The van der Waals surface area contributed by atoms with Crippen molar-refractivity contribution in [3.63, 3.8) is 0 Å². The number of ether oxygens (including phenoxy) is 2. The van der Waals surface area contributed by atoms with Crippen molar-refractivity contribution in [2.45, 2.75) is 79.8 Å². The van der Waals surface area contributed by atoms with Crippen LogP contribution >= 0.6 is 0 Å². The summed E-state index contributed by atoms with van der Waals surface area (Å²) < 4.78 is 11.8. The van der Waals surface area contributed by atoms with Gasteiger partial charge >= 0.3 is 0 Å². The summed E-state index contributed by atoms with van der Waals surface area (Å²) in [6.45, 7) is 15.1. The van der Waals surface area contributed by atoms with Gasteiger partial charge in [-0.05, 0) is 31.6 Å². The molecule has 0 radical (unpaired) electrons. The monoisotopic (exact) mass is 230 g/mol. The van der Waals surface area contributed by atoms with E-state index in [1.807, 2.05) is 6.92 Å². The van der Waals surface area contributed by atoms with Gasteiger partial charge in [0.2, 0.25) is 0 Å². The lowest BCUT2D eigenvalue weighted by Crippen LogP contribution is -2.31. The summed E-state index contributed by atoms with van der Waals surface area (Å²) in [6.07, 6.45) is 2.60. The summed E-state index contributed by atoms with van der Waals surface area (Å²) in [4.78, 5) is 0. The topological polar surface area (TPSA) is 18.5 Å². The van der Waals surface area contributed by atoms with E-state index in [4.69, 9.17) is 9.47 Å². The van der Waals surface area contributed by atoms with Gasteiger partial charge in [0.15, 0.2) is 6.29 Å². The van der Waals surface area contributed by atoms with Crippen LogP contribution in [0.3, 0.4) is 0 Å². The van der Waals surface area contributed by atoms with E-state index >= 15 is 0 Å². The fourth-order valence-corrected chi connectivity index (χ4v) is 1.97. The molecule has 2 heteroatoms. The van der Waals surface area contributed by atoms with Gasteiger partial charge in [0.25, 0.3) is 0 Å². The predicted octanol–water partition coefficient (Wildman–Crippen LogP) is 4.23. The molecule has 2 unspecified atom stereocenters. The maximum absolute atomic E-state index is 5.92. The van der Waals surface area contributed by atoms with Crippen LogP contribution in [0.4, 0.5) is 0 Å². The summed E-state index contributed by atoms with van der Waals surface area (Å²) >= 11 is 0. The molecule has 0 aromatic rings. The van der Waals surface area contributed by atoms with Crippen molar-refractivity contribution in [1.29, 1.82) is 0 Å². The number of hydrogen-bond donors (Lipinski definition) is 0. The second-order valence-electron chi connectivity index (χ2n) is 5.22. The molecule has 0 bridgehead atoms. The maximum Gasteiger partial charge on any atom is 0.155 e. The first-order valence-corrected chi connectivity index (χ1v) is 6.73. The Labute approximate surface area is 102 Å². The van der Waals surface area contributed by atoms with Crippen molar-refractivity contribution in [1.82, 2.24) is 0 Å². The summed E-state index contributed by atoms with van der Waals surface area (Å²) in [6, 6.07) is 0. The molecule has 0 N–H and O–H groups in total. The second-order valence-corrected chi connectivity index (χ2v) is 5.22. The van der Waals surface area contributed by atoms with E-state index in [2.05, 4.69) is 41.5 Å². The van der Waals surface area contributed by atoms with Gasteiger partial charge < -0.3 is 9.47 Å². The van der Waals surface area contributed by atoms with Crippen LogP contribution in [-0.2, 0) is 9.47 Å². The highest BCUT2D eigenvalue weighted by atomic mass is 16.7. The zero-order valence-corrected chi connectivity index (χ0v) is 12.1. The first kappa shape index (κ1) is 15.9. The van der Waals surface area contributed by atoms with Crippen LogP contribution in [0.15, 0.2) is 0 Å². The molecule has 0 saturated carbocycles. The Morgan fingerprint density at radius 2 is 1.00 bits per heavy atom. The zero-order valence-electron chi connectivity index (χ0n) is 12.1. The van der Waals surface area contributed by atoms with E-state index in [-0.39, 0.29) is 6.29 Å². The average Bonchev–Trinajstić information content (AvgIpc) is 2.21. The molecule has 0 heterocycles. The molecule has 98 valence electrons. The molecule has 2 atom stereocenters. The average molecular weight is 230 g/mol. The lowest BCUT2D eigenvalue weighted by atomic mass is 10.0. The highest BCUT2D eigenvalue weighted by Gasteiger charge is 2.19. The van der Waals surface area contributed by atoms with Crippen molar-refractivity contribution in [3.05, 3.63) is 0 Å². The van der Waals surface area contributed by atoms with Crippen LogP contribution in [0.25, 0.3) is 0 Å². The zero-order chi connectivity index (χ0) is 12.7. The SMILES string of the molecule is CCC(OC(C)OC(CC)C(C)C)C(C)C. The highest BCUT2D eigenvalue weighted by molar-refractivity contribution is 4.63. The van der Waals surface area contributed by atoms with Crippen molar-refractivity contribution in [2.24, 2.45) is 11.8 Å². The third kappa shape index (κ3) is 5.86. The summed E-state index contributed by atoms with van der Waals surface area (Å²) in [5.74, 6) is 1.10. The van der Waals surface area contributed by atoms with Gasteiger partial charge in [-0.2, -0.15) is 0 Å². The lowest BCUT2D eigenvalue weighted by Gasteiger charge is -2.29. The van der Waals surface area contributed by atoms with E-state index in [1.165, 1.54) is 0 Å². The van der Waals surface area contributed by atoms with Gasteiger partial charge in [-0.3, -0.25) is 0 Å². The Morgan fingerprint density at radius 1 is 0.688 bits per heavy atom. The number of rotatable bonds is 8. The quantitative estimate of drug-likeness (QED) is 0.581. The molecule has 2 nitrogen and oxygen atoms in total. The first-order valence-electron chi connectivity index (χ1n) is 6.73. The van der Waals surface area contributed by atoms with Crippen molar-refractivity contribution in [3.8, 4) is 0 Å². The van der Waals surface area contributed by atoms with Gasteiger partial charge in [-0.1, -0.05) is 41.5 Å². The molecule has 0 spiro atoms. The normalized spacial score (nSPS) is 17.8. The van der Waals surface area contributed by atoms with Gasteiger partial charge in [0.05, 0.1) is 12.2 Å². The standard InChI is InChI=1S/C14H30O2/c1-8-13(10(3)4)15-12(7)16-14(9-2)11(5)6/h10-14H,8-9H2,1-7H3. The Bertz CT molecular complexity index is 148. The summed E-state index contributed by atoms with van der Waals surface area (Å²) in [5, 5.41) is 0. The van der Waals surface area contributed by atoms with E-state index in [0.29, 0.717) is 24.0 Å². The minimum Gasteiger partial charge on any atom is -0.349 e. The minimum absolute atomic E-state index is 0.0975. The Hall–Kier alpha value is -0.0800. The van der Waals surface area contributed by atoms with E-state index in [1.54, 1.807) is 0 Å². The molecular formula is C14H30O2. The predicted molar refractivity (Wildman–Crippen MR) is 69.5 cm³/mol. The lowest BCUT2D eigenvalue weighted by molar-refractivity contribution is -0.200. The molecule has 0 amide bonds. The molecule has 0 rings (SSSR count). The smallest absolute Gasteiger partial charge is 0.155 e. The van der Waals surface area contributed by atoms with Gasteiger partial charge in [0, 0.05) is 0 Å². The van der Waals surface area contributed by atoms with Gasteiger partial charge in [-0.25, -0.2) is 0 Å². The van der Waals surface area contributed by atoms with Crippen LogP contribution in [0.2, 0.25) is 0 Å². The largest absolute Gasteiger partial charge is 0.349 e. The molecule has 0 aromatic heterocycles. The molecule has 0 saturated heterocycles. The molecule has 0 aromatic carbocycles. The van der Waals surface area contributed by atoms with Crippen molar-refractivity contribution >= 4 is 0 Å².